The zero-order chi connectivity index (χ0) is 13.7. The molecular weight excluding hydrogens is 230 g/mol. The van der Waals surface area contributed by atoms with Crippen molar-refractivity contribution in [3.05, 3.63) is 11.8 Å². The van der Waals surface area contributed by atoms with Crippen molar-refractivity contribution in [1.82, 2.24) is 9.97 Å². The monoisotopic (exact) mass is 253 g/mol. The Labute approximate surface area is 109 Å². The van der Waals surface area contributed by atoms with Crippen molar-refractivity contribution in [1.29, 1.82) is 0 Å². The van der Waals surface area contributed by atoms with Crippen LogP contribution in [0.15, 0.2) is 6.07 Å². The lowest BCUT2D eigenvalue weighted by molar-refractivity contribution is 0.225. The van der Waals surface area contributed by atoms with E-state index in [1.54, 1.807) is 0 Å². The maximum Gasteiger partial charge on any atom is 0.226 e. The highest BCUT2D eigenvalue weighted by atomic mass is 16.5. The SMILES string of the molecule is Cc1cc(OC(C)C)nc(NC(C)C(C)CO)n1. The van der Waals surface area contributed by atoms with E-state index in [0.29, 0.717) is 11.8 Å². The summed E-state index contributed by atoms with van der Waals surface area (Å²) in [4.78, 5) is 8.62. The molecule has 0 aliphatic carbocycles. The van der Waals surface area contributed by atoms with Gasteiger partial charge in [-0.15, -0.1) is 0 Å². The molecule has 0 amide bonds. The highest BCUT2D eigenvalue weighted by molar-refractivity contribution is 5.31. The van der Waals surface area contributed by atoms with E-state index in [1.807, 2.05) is 40.7 Å². The van der Waals surface area contributed by atoms with Crippen molar-refractivity contribution in [2.75, 3.05) is 11.9 Å². The van der Waals surface area contributed by atoms with Crippen LogP contribution in [0.5, 0.6) is 5.88 Å². The summed E-state index contributed by atoms with van der Waals surface area (Å²) in [6.45, 7) is 9.92. The van der Waals surface area contributed by atoms with Crippen LogP contribution in [0.4, 0.5) is 5.95 Å². The van der Waals surface area contributed by atoms with Crippen LogP contribution in [0.1, 0.15) is 33.4 Å². The Hall–Kier alpha value is -1.36. The van der Waals surface area contributed by atoms with Crippen LogP contribution in [0.25, 0.3) is 0 Å². The number of anilines is 1. The summed E-state index contributed by atoms with van der Waals surface area (Å²) in [5, 5.41) is 12.3. The van der Waals surface area contributed by atoms with Gasteiger partial charge in [0.25, 0.3) is 0 Å². The first-order valence-electron chi connectivity index (χ1n) is 6.32. The summed E-state index contributed by atoms with van der Waals surface area (Å²) >= 11 is 0. The third-order valence-corrected chi connectivity index (χ3v) is 2.69. The second-order valence-electron chi connectivity index (χ2n) is 4.93. The van der Waals surface area contributed by atoms with Crippen LogP contribution >= 0.6 is 0 Å². The van der Waals surface area contributed by atoms with Gasteiger partial charge in [0.1, 0.15) is 0 Å². The van der Waals surface area contributed by atoms with Crippen molar-refractivity contribution in [3.8, 4) is 5.88 Å². The van der Waals surface area contributed by atoms with Gasteiger partial charge in [0.05, 0.1) is 6.10 Å². The van der Waals surface area contributed by atoms with Crippen LogP contribution in [0.3, 0.4) is 0 Å². The fraction of sp³-hybridized carbons (Fsp3) is 0.692. The minimum absolute atomic E-state index is 0.0842. The summed E-state index contributed by atoms with van der Waals surface area (Å²) in [7, 11) is 0. The van der Waals surface area contributed by atoms with Crippen LogP contribution in [0, 0.1) is 12.8 Å². The van der Waals surface area contributed by atoms with E-state index >= 15 is 0 Å². The first-order valence-corrected chi connectivity index (χ1v) is 6.32. The zero-order valence-electron chi connectivity index (χ0n) is 11.8. The number of hydrogen-bond acceptors (Lipinski definition) is 5. The summed E-state index contributed by atoms with van der Waals surface area (Å²) in [5.41, 5.74) is 0.854. The Morgan fingerprint density at radius 3 is 2.50 bits per heavy atom. The number of nitrogens with zero attached hydrogens (tertiary/aromatic N) is 2. The number of rotatable bonds is 6. The predicted octanol–water partition coefficient (Wildman–Crippen LogP) is 2.00. The summed E-state index contributed by atoms with van der Waals surface area (Å²) in [6, 6.07) is 1.91. The van der Waals surface area contributed by atoms with E-state index in [2.05, 4.69) is 15.3 Å². The van der Waals surface area contributed by atoms with Gasteiger partial charge < -0.3 is 15.2 Å². The quantitative estimate of drug-likeness (QED) is 0.811. The summed E-state index contributed by atoms with van der Waals surface area (Å²) in [5.74, 6) is 1.26. The van der Waals surface area contributed by atoms with Gasteiger partial charge in [0, 0.05) is 24.4 Å². The van der Waals surface area contributed by atoms with E-state index in [9.17, 15) is 0 Å². The topological polar surface area (TPSA) is 67.3 Å². The molecule has 102 valence electrons. The number of hydrogen-bond donors (Lipinski definition) is 2. The van der Waals surface area contributed by atoms with Gasteiger partial charge in [-0.1, -0.05) is 6.92 Å². The van der Waals surface area contributed by atoms with E-state index in [-0.39, 0.29) is 24.7 Å². The maximum atomic E-state index is 9.11. The van der Waals surface area contributed by atoms with Gasteiger partial charge in [0.15, 0.2) is 0 Å². The lowest BCUT2D eigenvalue weighted by atomic mass is 10.1. The average molecular weight is 253 g/mol. The van der Waals surface area contributed by atoms with Gasteiger partial charge in [-0.05, 0) is 33.6 Å². The van der Waals surface area contributed by atoms with Crippen LogP contribution in [0.2, 0.25) is 0 Å². The maximum absolute atomic E-state index is 9.11. The second kappa shape index (κ2) is 6.54. The molecule has 0 saturated carbocycles. The first kappa shape index (κ1) is 14.7. The fourth-order valence-corrected chi connectivity index (χ4v) is 1.41. The van der Waals surface area contributed by atoms with Gasteiger partial charge in [0.2, 0.25) is 11.8 Å². The number of ether oxygens (including phenoxy) is 1. The summed E-state index contributed by atoms with van der Waals surface area (Å²) < 4.78 is 5.56. The van der Waals surface area contributed by atoms with Crippen molar-refractivity contribution < 1.29 is 9.84 Å². The molecule has 1 heterocycles. The number of nitrogens with one attached hydrogen (secondary N) is 1. The molecule has 0 radical (unpaired) electrons. The van der Waals surface area contributed by atoms with E-state index in [1.165, 1.54) is 0 Å². The van der Waals surface area contributed by atoms with Crippen molar-refractivity contribution in [2.45, 2.75) is 46.8 Å². The Morgan fingerprint density at radius 1 is 1.28 bits per heavy atom. The molecule has 2 atom stereocenters. The van der Waals surface area contributed by atoms with Gasteiger partial charge >= 0.3 is 0 Å². The lowest BCUT2D eigenvalue weighted by Crippen LogP contribution is -2.27. The Morgan fingerprint density at radius 2 is 1.94 bits per heavy atom. The molecule has 1 aromatic heterocycles. The molecule has 18 heavy (non-hydrogen) atoms. The molecule has 1 aromatic rings. The smallest absolute Gasteiger partial charge is 0.226 e. The van der Waals surface area contributed by atoms with Gasteiger partial charge in [-0.25, -0.2) is 4.98 Å². The van der Waals surface area contributed by atoms with Crippen LogP contribution < -0.4 is 10.1 Å². The molecule has 0 fully saturated rings. The zero-order valence-corrected chi connectivity index (χ0v) is 11.8. The fourth-order valence-electron chi connectivity index (χ4n) is 1.41. The van der Waals surface area contributed by atoms with Crippen LogP contribution in [-0.2, 0) is 0 Å². The van der Waals surface area contributed by atoms with Gasteiger partial charge in [-0.3, -0.25) is 0 Å². The second-order valence-corrected chi connectivity index (χ2v) is 4.93. The summed E-state index contributed by atoms with van der Waals surface area (Å²) in [6.07, 6.45) is 0.0842. The molecule has 1 rings (SSSR count). The molecule has 0 aliphatic heterocycles. The molecule has 2 N–H and O–H groups in total. The molecule has 0 saturated heterocycles. The van der Waals surface area contributed by atoms with Gasteiger partial charge in [-0.2, -0.15) is 4.98 Å². The highest BCUT2D eigenvalue weighted by Crippen LogP contribution is 2.15. The Balaban J connectivity index is 2.79. The molecule has 5 nitrogen and oxygen atoms in total. The van der Waals surface area contributed by atoms with E-state index in [4.69, 9.17) is 9.84 Å². The lowest BCUT2D eigenvalue weighted by Gasteiger charge is -2.20. The molecule has 5 heteroatoms. The molecule has 0 aliphatic rings. The average Bonchev–Trinajstić information content (AvgIpc) is 2.25. The van der Waals surface area contributed by atoms with Crippen molar-refractivity contribution in [2.24, 2.45) is 5.92 Å². The largest absolute Gasteiger partial charge is 0.475 e. The molecular formula is C13H23N3O2. The number of aryl methyl sites for hydroxylation is 1. The minimum Gasteiger partial charge on any atom is -0.475 e. The predicted molar refractivity (Wildman–Crippen MR) is 71.9 cm³/mol. The number of aliphatic hydroxyl groups is 1. The highest BCUT2D eigenvalue weighted by Gasteiger charge is 2.13. The van der Waals surface area contributed by atoms with Crippen molar-refractivity contribution in [3.63, 3.8) is 0 Å². The molecule has 0 aromatic carbocycles. The third kappa shape index (κ3) is 4.49. The van der Waals surface area contributed by atoms with E-state index in [0.717, 1.165) is 5.69 Å². The molecule has 0 bridgehead atoms. The Kier molecular flexibility index (Phi) is 5.34. The number of aromatic nitrogens is 2. The van der Waals surface area contributed by atoms with Crippen molar-refractivity contribution >= 4 is 5.95 Å². The normalized spacial score (nSPS) is 14.4. The third-order valence-electron chi connectivity index (χ3n) is 2.69. The molecule has 2 unspecified atom stereocenters. The molecule has 0 spiro atoms. The number of aliphatic hydroxyl groups excluding tert-OH is 1. The van der Waals surface area contributed by atoms with Crippen LogP contribution in [-0.4, -0.2) is 33.8 Å². The first-order chi connectivity index (χ1) is 8.42. The minimum atomic E-state index is 0.0842. The van der Waals surface area contributed by atoms with E-state index < -0.39 is 0 Å². The Bertz CT molecular complexity index is 382. The standard InChI is InChI=1S/C13H23N3O2/c1-8(2)18-12-6-10(4)14-13(16-12)15-11(5)9(3)7-17/h6,8-9,11,17H,7H2,1-5H3,(H,14,15,16).